The van der Waals surface area contributed by atoms with Crippen LogP contribution in [0, 0.1) is 27.4 Å². The highest BCUT2D eigenvalue weighted by Gasteiger charge is 2.32. The molecule has 0 radical (unpaired) electrons. The maximum atomic E-state index is 12.6. The molecule has 180 valence electrons. The van der Waals surface area contributed by atoms with E-state index in [9.17, 15) is 25.0 Å². The number of nitrogens with one attached hydrogen (secondary N) is 1. The summed E-state index contributed by atoms with van der Waals surface area (Å²) in [6, 6.07) is 10.0. The van der Waals surface area contributed by atoms with Crippen molar-refractivity contribution in [1.29, 1.82) is 5.26 Å². The molecule has 0 bridgehead atoms. The van der Waals surface area contributed by atoms with Gasteiger partial charge in [0.25, 0.3) is 5.91 Å². The van der Waals surface area contributed by atoms with E-state index in [0.29, 0.717) is 0 Å². The molecule has 1 amide bonds. The number of nitriles is 1. The van der Waals surface area contributed by atoms with Gasteiger partial charge in [-0.1, -0.05) is 25.4 Å². The molecular formula is C23H24ClN3O7. The molecule has 11 heteroatoms. The molecule has 2 aromatic rings. The summed E-state index contributed by atoms with van der Waals surface area (Å²) in [5.41, 5.74) is -1.41. The maximum absolute atomic E-state index is 12.6. The summed E-state index contributed by atoms with van der Waals surface area (Å²) in [6.07, 6.45) is -1.17. The van der Waals surface area contributed by atoms with E-state index in [4.69, 9.17) is 25.8 Å². The number of esters is 1. The second kappa shape index (κ2) is 10.9. The van der Waals surface area contributed by atoms with Crippen molar-refractivity contribution >= 4 is 29.2 Å². The van der Waals surface area contributed by atoms with Crippen LogP contribution in [0.5, 0.6) is 17.2 Å². The summed E-state index contributed by atoms with van der Waals surface area (Å²) in [6.45, 7) is 6.54. The molecule has 0 aliphatic rings. The zero-order chi connectivity index (χ0) is 25.6. The van der Waals surface area contributed by atoms with Gasteiger partial charge < -0.3 is 19.5 Å². The number of hydrogen-bond acceptors (Lipinski definition) is 8. The first-order chi connectivity index (χ1) is 15.9. The number of rotatable bonds is 9. The van der Waals surface area contributed by atoms with Crippen molar-refractivity contribution in [2.75, 3.05) is 7.11 Å². The molecular weight excluding hydrogens is 466 g/mol. The van der Waals surface area contributed by atoms with Gasteiger partial charge in [0.1, 0.15) is 5.54 Å². The monoisotopic (exact) mass is 489 g/mol. The smallest absolute Gasteiger partial charge is 0.339 e. The standard InChI is InChI=1S/C23H24ClN3O7/c1-13(2)23(4,12-25)26-21(28)14(3)33-22(29)15-6-8-19(20(10-15)32-5)34-18-9-7-16(24)11-17(18)27(30)31/h6-11,13-14H,1-5H3,(H,26,28)/t14-,23-/m0/s1. The number of benzene rings is 2. The van der Waals surface area contributed by atoms with Gasteiger partial charge in [-0.05, 0) is 50.1 Å². The summed E-state index contributed by atoms with van der Waals surface area (Å²) in [5.74, 6) is -1.46. The highest BCUT2D eigenvalue weighted by molar-refractivity contribution is 6.30. The average Bonchev–Trinajstić information content (AvgIpc) is 2.79. The van der Waals surface area contributed by atoms with Crippen molar-refractivity contribution in [1.82, 2.24) is 5.32 Å². The van der Waals surface area contributed by atoms with E-state index in [1.807, 2.05) is 0 Å². The predicted octanol–water partition coefficient (Wildman–Crippen LogP) is 4.65. The molecule has 0 fully saturated rings. The van der Waals surface area contributed by atoms with Crippen LogP contribution in [0.4, 0.5) is 5.69 Å². The van der Waals surface area contributed by atoms with Gasteiger partial charge >= 0.3 is 11.7 Å². The molecule has 2 rings (SSSR count). The van der Waals surface area contributed by atoms with Gasteiger partial charge in [0.05, 0.1) is 23.7 Å². The van der Waals surface area contributed by atoms with Crippen LogP contribution >= 0.6 is 11.6 Å². The third kappa shape index (κ3) is 6.14. The largest absolute Gasteiger partial charge is 0.493 e. The highest BCUT2D eigenvalue weighted by Crippen LogP contribution is 2.38. The van der Waals surface area contributed by atoms with Crippen LogP contribution < -0.4 is 14.8 Å². The minimum Gasteiger partial charge on any atom is -0.493 e. The van der Waals surface area contributed by atoms with Crippen molar-refractivity contribution in [3.63, 3.8) is 0 Å². The van der Waals surface area contributed by atoms with Gasteiger partial charge in [0, 0.05) is 11.1 Å². The minimum atomic E-state index is -1.17. The Morgan fingerprint density at radius 1 is 1.15 bits per heavy atom. The van der Waals surface area contributed by atoms with Crippen LogP contribution in [0.2, 0.25) is 5.02 Å². The van der Waals surface area contributed by atoms with Crippen LogP contribution in [0.3, 0.4) is 0 Å². The SMILES string of the molecule is COc1cc(C(=O)O[C@@H](C)C(=O)N[C@@](C)(C#N)C(C)C)ccc1Oc1ccc(Cl)cc1[N+](=O)[O-]. The van der Waals surface area contributed by atoms with Gasteiger partial charge in [-0.2, -0.15) is 5.26 Å². The number of amides is 1. The van der Waals surface area contributed by atoms with E-state index in [0.717, 1.165) is 6.07 Å². The number of nitro groups is 1. The lowest BCUT2D eigenvalue weighted by molar-refractivity contribution is -0.385. The Balaban J connectivity index is 2.19. The van der Waals surface area contributed by atoms with Crippen LogP contribution in [0.25, 0.3) is 0 Å². The molecule has 1 N–H and O–H groups in total. The Kier molecular flexibility index (Phi) is 8.43. The van der Waals surface area contributed by atoms with Gasteiger partial charge in [0.2, 0.25) is 5.75 Å². The molecule has 0 saturated carbocycles. The molecule has 0 saturated heterocycles. The molecule has 10 nitrogen and oxygen atoms in total. The number of ether oxygens (including phenoxy) is 3. The first-order valence-corrected chi connectivity index (χ1v) is 10.5. The number of nitrogens with zero attached hydrogens (tertiary/aromatic N) is 2. The van der Waals surface area contributed by atoms with Crippen LogP contribution in [-0.4, -0.2) is 35.6 Å². The minimum absolute atomic E-state index is 0.0568. The zero-order valence-electron chi connectivity index (χ0n) is 19.2. The number of methoxy groups -OCH3 is 1. The second-order valence-electron chi connectivity index (χ2n) is 7.84. The van der Waals surface area contributed by atoms with Gasteiger partial charge in [-0.25, -0.2) is 4.79 Å². The van der Waals surface area contributed by atoms with Crippen LogP contribution in [0.15, 0.2) is 36.4 Å². The molecule has 0 aromatic heterocycles. The van der Waals surface area contributed by atoms with E-state index in [2.05, 4.69) is 11.4 Å². The lowest BCUT2D eigenvalue weighted by atomic mass is 9.90. The Bertz CT molecular complexity index is 1150. The lowest BCUT2D eigenvalue weighted by Crippen LogP contribution is -2.52. The maximum Gasteiger partial charge on any atom is 0.339 e. The highest BCUT2D eigenvalue weighted by atomic mass is 35.5. The fourth-order valence-electron chi connectivity index (χ4n) is 2.66. The Morgan fingerprint density at radius 2 is 1.79 bits per heavy atom. The lowest BCUT2D eigenvalue weighted by Gasteiger charge is -2.28. The third-order valence-corrected chi connectivity index (χ3v) is 5.39. The Morgan fingerprint density at radius 3 is 2.35 bits per heavy atom. The molecule has 34 heavy (non-hydrogen) atoms. The quantitative estimate of drug-likeness (QED) is 0.305. The van der Waals surface area contributed by atoms with Crippen molar-refractivity contribution in [2.45, 2.75) is 39.3 Å². The molecule has 0 aliphatic heterocycles. The van der Waals surface area contributed by atoms with Crippen molar-refractivity contribution in [3.8, 4) is 23.3 Å². The van der Waals surface area contributed by atoms with E-state index >= 15 is 0 Å². The number of carbonyl (C=O) groups is 2. The van der Waals surface area contributed by atoms with Crippen molar-refractivity contribution in [2.24, 2.45) is 5.92 Å². The first-order valence-electron chi connectivity index (χ1n) is 10.2. The number of halogens is 1. The first kappa shape index (κ1) is 26.4. The van der Waals surface area contributed by atoms with Crippen LogP contribution in [0.1, 0.15) is 38.1 Å². The van der Waals surface area contributed by atoms with Gasteiger partial charge in [-0.15, -0.1) is 0 Å². The average molecular weight is 490 g/mol. The van der Waals surface area contributed by atoms with Gasteiger partial charge in [-0.3, -0.25) is 14.9 Å². The molecule has 0 heterocycles. The molecule has 0 unspecified atom stereocenters. The molecule has 2 aromatic carbocycles. The number of hydrogen-bond donors (Lipinski definition) is 1. The predicted molar refractivity (Wildman–Crippen MR) is 123 cm³/mol. The number of carbonyl (C=O) groups excluding carboxylic acids is 2. The summed E-state index contributed by atoms with van der Waals surface area (Å²) in [5, 5.41) is 23.4. The fourth-order valence-corrected chi connectivity index (χ4v) is 2.82. The van der Waals surface area contributed by atoms with Crippen molar-refractivity contribution in [3.05, 3.63) is 57.1 Å². The van der Waals surface area contributed by atoms with E-state index < -0.39 is 28.4 Å². The summed E-state index contributed by atoms with van der Waals surface area (Å²) in [7, 11) is 1.33. The van der Waals surface area contributed by atoms with Gasteiger partial charge in [0.15, 0.2) is 17.6 Å². The summed E-state index contributed by atoms with van der Waals surface area (Å²) in [4.78, 5) is 35.7. The Hall–Kier alpha value is -3.84. The summed E-state index contributed by atoms with van der Waals surface area (Å²) < 4.78 is 16.1. The fraction of sp³-hybridized carbons (Fsp3) is 0.348. The van der Waals surface area contributed by atoms with Crippen molar-refractivity contribution < 1.29 is 28.7 Å². The van der Waals surface area contributed by atoms with E-state index in [-0.39, 0.29) is 39.4 Å². The second-order valence-corrected chi connectivity index (χ2v) is 8.28. The molecule has 2 atom stereocenters. The zero-order valence-corrected chi connectivity index (χ0v) is 20.0. The number of nitro benzene ring substituents is 1. The van der Waals surface area contributed by atoms with Crippen LogP contribution in [-0.2, 0) is 9.53 Å². The summed E-state index contributed by atoms with van der Waals surface area (Å²) >= 11 is 5.82. The molecule has 0 aliphatic carbocycles. The topological polar surface area (TPSA) is 141 Å². The molecule has 0 spiro atoms. The normalized spacial score (nSPS) is 13.2. The third-order valence-electron chi connectivity index (χ3n) is 5.16. The van der Waals surface area contributed by atoms with E-state index in [1.54, 1.807) is 20.8 Å². The Labute approximate surface area is 201 Å². The van der Waals surface area contributed by atoms with E-state index in [1.165, 1.54) is 44.4 Å².